The first-order chi connectivity index (χ1) is 10.6. The topological polar surface area (TPSA) is 64.3 Å². The third-order valence-electron chi connectivity index (χ3n) is 3.29. The fourth-order valence-electron chi connectivity index (χ4n) is 1.85. The first-order valence-corrected chi connectivity index (χ1v) is 7.42. The van der Waals surface area contributed by atoms with Crippen molar-refractivity contribution in [1.82, 2.24) is 5.32 Å². The van der Waals surface area contributed by atoms with Gasteiger partial charge < -0.3 is 15.8 Å². The molecule has 1 amide bonds. The van der Waals surface area contributed by atoms with E-state index in [1.54, 1.807) is 13.0 Å². The van der Waals surface area contributed by atoms with Gasteiger partial charge in [0, 0.05) is 6.54 Å². The second-order valence-corrected chi connectivity index (χ2v) is 5.45. The molecule has 0 spiro atoms. The molecule has 0 bridgehead atoms. The highest BCUT2D eigenvalue weighted by molar-refractivity contribution is 6.32. The lowest BCUT2D eigenvalue weighted by molar-refractivity contribution is -0.119. The Morgan fingerprint density at radius 1 is 1.18 bits per heavy atom. The molecule has 0 unspecified atom stereocenters. The molecule has 2 aromatic rings. The molecule has 0 radical (unpaired) electrons. The van der Waals surface area contributed by atoms with Crippen LogP contribution in [0.4, 0.5) is 0 Å². The number of nitrogens with two attached hydrogens (primary N) is 1. The van der Waals surface area contributed by atoms with Crippen molar-refractivity contribution < 1.29 is 9.53 Å². The Morgan fingerprint density at radius 3 is 2.45 bits per heavy atom. The van der Waals surface area contributed by atoms with Crippen molar-refractivity contribution in [3.63, 3.8) is 0 Å². The summed E-state index contributed by atoms with van der Waals surface area (Å²) >= 11 is 6.04. The summed E-state index contributed by atoms with van der Waals surface area (Å²) in [5, 5.41) is 3.66. The van der Waals surface area contributed by atoms with Crippen LogP contribution in [0.2, 0.25) is 5.02 Å². The first-order valence-electron chi connectivity index (χ1n) is 7.04. The van der Waals surface area contributed by atoms with Gasteiger partial charge in [-0.25, -0.2) is 0 Å². The van der Waals surface area contributed by atoms with E-state index in [1.807, 2.05) is 42.5 Å². The monoisotopic (exact) mass is 318 g/mol. The largest absolute Gasteiger partial charge is 0.487 e. The van der Waals surface area contributed by atoms with Gasteiger partial charge in [0.2, 0.25) is 5.91 Å². The summed E-state index contributed by atoms with van der Waals surface area (Å²) in [5.74, 6) is 0.315. The highest BCUT2D eigenvalue weighted by atomic mass is 35.5. The number of carbonyl (C=O) groups excluding carboxylic acids is 1. The lowest BCUT2D eigenvalue weighted by Gasteiger charge is -2.11. The van der Waals surface area contributed by atoms with Gasteiger partial charge in [-0.3, -0.25) is 4.79 Å². The number of ether oxygens (including phenoxy) is 1. The Kier molecular flexibility index (Phi) is 5.81. The molecule has 0 aromatic heterocycles. The molecule has 116 valence electrons. The van der Waals surface area contributed by atoms with E-state index >= 15 is 0 Å². The summed E-state index contributed by atoms with van der Waals surface area (Å²) < 4.78 is 5.68. The van der Waals surface area contributed by atoms with Crippen LogP contribution in [0.15, 0.2) is 48.5 Å². The predicted molar refractivity (Wildman–Crippen MR) is 87.7 cm³/mol. The molecular weight excluding hydrogens is 300 g/mol. The lowest BCUT2D eigenvalue weighted by atomic mass is 10.1. The van der Waals surface area contributed by atoms with Gasteiger partial charge in [0.15, 0.2) is 0 Å². The molecular formula is C17H19ClN2O2. The maximum atomic E-state index is 11.0. The predicted octanol–water partition coefficient (Wildman–Crippen LogP) is 2.88. The van der Waals surface area contributed by atoms with E-state index in [-0.39, 0.29) is 11.9 Å². The quantitative estimate of drug-likeness (QED) is 0.825. The molecule has 0 heterocycles. The minimum atomic E-state index is -0.357. The average molecular weight is 319 g/mol. The maximum absolute atomic E-state index is 11.0. The Morgan fingerprint density at radius 2 is 1.82 bits per heavy atom. The molecule has 3 N–H and O–H groups in total. The Balaban J connectivity index is 1.87. The second-order valence-electron chi connectivity index (χ2n) is 5.04. The van der Waals surface area contributed by atoms with Crippen LogP contribution < -0.4 is 15.8 Å². The van der Waals surface area contributed by atoms with Crippen LogP contribution in [0.1, 0.15) is 18.1 Å². The number of carbonyl (C=O) groups is 1. The van der Waals surface area contributed by atoms with Gasteiger partial charge in [0.25, 0.3) is 0 Å². The number of amides is 1. The van der Waals surface area contributed by atoms with Crippen molar-refractivity contribution >= 4 is 17.5 Å². The van der Waals surface area contributed by atoms with Crippen molar-refractivity contribution in [2.75, 3.05) is 0 Å². The van der Waals surface area contributed by atoms with Crippen LogP contribution in [0.5, 0.6) is 5.75 Å². The number of primary amides is 1. The van der Waals surface area contributed by atoms with E-state index in [4.69, 9.17) is 22.1 Å². The fraction of sp³-hybridized carbons (Fsp3) is 0.235. The number of para-hydroxylation sites is 1. The van der Waals surface area contributed by atoms with E-state index in [9.17, 15) is 4.79 Å². The molecule has 0 aliphatic carbocycles. The molecule has 22 heavy (non-hydrogen) atoms. The van der Waals surface area contributed by atoms with E-state index in [1.165, 1.54) is 0 Å². The Bertz CT molecular complexity index is 629. The molecule has 2 aromatic carbocycles. The van der Waals surface area contributed by atoms with Crippen LogP contribution in [-0.2, 0) is 17.9 Å². The number of hydrogen-bond acceptors (Lipinski definition) is 3. The number of nitrogens with one attached hydrogen (secondary N) is 1. The van der Waals surface area contributed by atoms with Crippen molar-refractivity contribution in [3.05, 3.63) is 64.7 Å². The molecule has 0 saturated carbocycles. The number of rotatable bonds is 7. The average Bonchev–Trinajstić information content (AvgIpc) is 2.52. The van der Waals surface area contributed by atoms with Crippen molar-refractivity contribution in [1.29, 1.82) is 0 Å². The molecule has 0 aliphatic heterocycles. The minimum Gasteiger partial charge on any atom is -0.487 e. The molecule has 1 atom stereocenters. The van der Waals surface area contributed by atoms with Gasteiger partial charge >= 0.3 is 0 Å². The van der Waals surface area contributed by atoms with E-state index < -0.39 is 0 Å². The van der Waals surface area contributed by atoms with Crippen LogP contribution in [0.3, 0.4) is 0 Å². The van der Waals surface area contributed by atoms with Crippen molar-refractivity contribution in [3.8, 4) is 5.75 Å². The highest BCUT2D eigenvalue weighted by Crippen LogP contribution is 2.24. The van der Waals surface area contributed by atoms with Gasteiger partial charge in [-0.2, -0.15) is 0 Å². The minimum absolute atomic E-state index is 0.344. The van der Waals surface area contributed by atoms with Crippen LogP contribution >= 0.6 is 11.6 Å². The summed E-state index contributed by atoms with van der Waals surface area (Å²) in [7, 11) is 0. The maximum Gasteiger partial charge on any atom is 0.234 e. The third kappa shape index (κ3) is 4.76. The molecule has 0 saturated heterocycles. The zero-order chi connectivity index (χ0) is 15.9. The van der Waals surface area contributed by atoms with Gasteiger partial charge in [-0.15, -0.1) is 0 Å². The zero-order valence-electron chi connectivity index (χ0n) is 12.4. The van der Waals surface area contributed by atoms with E-state index in [2.05, 4.69) is 5.32 Å². The zero-order valence-corrected chi connectivity index (χ0v) is 13.1. The molecule has 0 aliphatic rings. The van der Waals surface area contributed by atoms with Gasteiger partial charge in [-0.1, -0.05) is 48.0 Å². The van der Waals surface area contributed by atoms with Gasteiger partial charge in [0.1, 0.15) is 12.4 Å². The number of hydrogen-bond donors (Lipinski definition) is 2. The number of benzene rings is 2. The molecule has 0 fully saturated rings. The van der Waals surface area contributed by atoms with Crippen molar-refractivity contribution in [2.45, 2.75) is 26.1 Å². The second kappa shape index (κ2) is 7.82. The number of halogens is 1. The Labute approximate surface area is 135 Å². The lowest BCUT2D eigenvalue weighted by Crippen LogP contribution is -2.38. The third-order valence-corrected chi connectivity index (χ3v) is 3.61. The fourth-order valence-corrected chi connectivity index (χ4v) is 2.04. The SMILES string of the molecule is C[C@H](NCc1ccc(COc2ccccc2Cl)cc1)C(N)=O. The summed E-state index contributed by atoms with van der Waals surface area (Å²) in [6.45, 7) is 2.79. The highest BCUT2D eigenvalue weighted by Gasteiger charge is 2.07. The summed E-state index contributed by atoms with van der Waals surface area (Å²) in [5.41, 5.74) is 7.33. The summed E-state index contributed by atoms with van der Waals surface area (Å²) in [4.78, 5) is 11.0. The van der Waals surface area contributed by atoms with Crippen LogP contribution in [0.25, 0.3) is 0 Å². The van der Waals surface area contributed by atoms with Crippen molar-refractivity contribution in [2.24, 2.45) is 5.73 Å². The Hall–Kier alpha value is -2.04. The normalized spacial score (nSPS) is 11.9. The summed E-state index contributed by atoms with van der Waals surface area (Å²) in [6, 6.07) is 15.0. The van der Waals surface area contributed by atoms with Gasteiger partial charge in [0.05, 0.1) is 11.1 Å². The molecule has 5 heteroatoms. The molecule has 2 rings (SSSR count). The standard InChI is InChI=1S/C17H19ClN2O2/c1-12(17(19)21)20-10-13-6-8-14(9-7-13)11-22-16-5-3-2-4-15(16)18/h2-9,12,20H,10-11H2,1H3,(H2,19,21)/t12-/m0/s1. The van der Waals surface area contributed by atoms with E-state index in [0.717, 1.165) is 11.1 Å². The van der Waals surface area contributed by atoms with Crippen LogP contribution in [0, 0.1) is 0 Å². The van der Waals surface area contributed by atoms with Gasteiger partial charge in [-0.05, 0) is 30.2 Å². The van der Waals surface area contributed by atoms with Crippen LogP contribution in [-0.4, -0.2) is 11.9 Å². The first kappa shape index (κ1) is 16.3. The smallest absolute Gasteiger partial charge is 0.234 e. The summed E-state index contributed by atoms with van der Waals surface area (Å²) in [6.07, 6.45) is 0. The molecule has 4 nitrogen and oxygen atoms in total. The van der Waals surface area contributed by atoms with E-state index in [0.29, 0.717) is 23.9 Å².